The Morgan fingerprint density at radius 1 is 1.00 bits per heavy atom. The van der Waals surface area contributed by atoms with E-state index in [1.165, 1.54) is 6.07 Å². The third-order valence-electron chi connectivity index (χ3n) is 3.85. The molecule has 24 heavy (non-hydrogen) atoms. The van der Waals surface area contributed by atoms with Crippen LogP contribution in [-0.2, 0) is 17.8 Å². The first kappa shape index (κ1) is 16.5. The van der Waals surface area contributed by atoms with Crippen molar-refractivity contribution in [3.8, 4) is 0 Å². The zero-order chi connectivity index (χ0) is 16.8. The van der Waals surface area contributed by atoms with Crippen LogP contribution in [0.1, 0.15) is 11.3 Å². The molecule has 1 heterocycles. The number of hydrogen-bond acceptors (Lipinski definition) is 4. The Morgan fingerprint density at radius 2 is 1.75 bits per heavy atom. The number of fused-ring (bicyclic) bond motifs is 1. The largest absolute Gasteiger partial charge is 0.383 e. The van der Waals surface area contributed by atoms with Gasteiger partial charge in [-0.05, 0) is 18.2 Å². The molecule has 0 aliphatic rings. The van der Waals surface area contributed by atoms with Gasteiger partial charge in [0.25, 0.3) is 0 Å². The van der Waals surface area contributed by atoms with Crippen molar-refractivity contribution in [2.45, 2.75) is 13.1 Å². The van der Waals surface area contributed by atoms with Crippen LogP contribution < -0.4 is 0 Å². The van der Waals surface area contributed by atoms with Crippen LogP contribution >= 0.6 is 0 Å². The molecule has 124 valence electrons. The lowest BCUT2D eigenvalue weighted by Gasteiger charge is -2.22. The van der Waals surface area contributed by atoms with Gasteiger partial charge in [0.15, 0.2) is 0 Å². The predicted molar refractivity (Wildman–Crippen MR) is 91.9 cm³/mol. The van der Waals surface area contributed by atoms with Crippen LogP contribution in [0.25, 0.3) is 11.0 Å². The van der Waals surface area contributed by atoms with Crippen molar-refractivity contribution in [3.63, 3.8) is 0 Å². The maximum atomic E-state index is 13.9. The summed E-state index contributed by atoms with van der Waals surface area (Å²) in [4.78, 5) is 11.2. The SMILES string of the molecule is COCCN(Cc1cnc2ccccc2n1)Cc1ccccc1F. The number of aromatic nitrogens is 2. The van der Waals surface area contributed by atoms with E-state index in [4.69, 9.17) is 4.74 Å². The summed E-state index contributed by atoms with van der Waals surface area (Å²) in [6.07, 6.45) is 1.78. The van der Waals surface area contributed by atoms with Crippen LogP contribution in [0.5, 0.6) is 0 Å². The Morgan fingerprint density at radius 3 is 2.54 bits per heavy atom. The number of methoxy groups -OCH3 is 1. The van der Waals surface area contributed by atoms with Crippen molar-refractivity contribution < 1.29 is 9.13 Å². The highest BCUT2D eigenvalue weighted by atomic mass is 19.1. The van der Waals surface area contributed by atoms with Crippen molar-refractivity contribution in [2.75, 3.05) is 20.3 Å². The normalized spacial score (nSPS) is 11.3. The summed E-state index contributed by atoms with van der Waals surface area (Å²) in [5.74, 6) is -0.190. The fraction of sp³-hybridized carbons (Fsp3) is 0.263. The summed E-state index contributed by atoms with van der Waals surface area (Å²) < 4.78 is 19.1. The van der Waals surface area contributed by atoms with E-state index in [1.807, 2.05) is 30.3 Å². The van der Waals surface area contributed by atoms with Crippen molar-refractivity contribution in [2.24, 2.45) is 0 Å². The molecule has 3 aromatic rings. The average Bonchev–Trinajstić information content (AvgIpc) is 2.61. The lowest BCUT2D eigenvalue weighted by Crippen LogP contribution is -2.27. The highest BCUT2D eigenvalue weighted by Gasteiger charge is 2.11. The predicted octanol–water partition coefficient (Wildman–Crippen LogP) is 3.42. The summed E-state index contributed by atoms with van der Waals surface area (Å²) in [6.45, 7) is 2.37. The lowest BCUT2D eigenvalue weighted by atomic mass is 10.2. The molecule has 0 atom stereocenters. The molecule has 0 amide bonds. The standard InChI is InChI=1S/C19H20FN3O/c1-24-11-10-23(13-15-6-2-3-7-17(15)20)14-16-12-21-18-8-4-5-9-19(18)22-16/h2-9,12H,10-11,13-14H2,1H3. The average molecular weight is 325 g/mol. The maximum Gasteiger partial charge on any atom is 0.127 e. The number of benzene rings is 2. The molecule has 0 N–H and O–H groups in total. The van der Waals surface area contributed by atoms with Gasteiger partial charge in [0.05, 0.1) is 29.5 Å². The molecule has 0 aliphatic heterocycles. The molecule has 0 saturated heterocycles. The first-order valence-corrected chi connectivity index (χ1v) is 7.91. The summed E-state index contributed by atoms with van der Waals surface area (Å²) in [5.41, 5.74) is 3.27. The van der Waals surface area contributed by atoms with Gasteiger partial charge < -0.3 is 4.74 Å². The van der Waals surface area contributed by atoms with Gasteiger partial charge in [-0.1, -0.05) is 30.3 Å². The number of para-hydroxylation sites is 2. The first-order chi connectivity index (χ1) is 11.8. The van der Waals surface area contributed by atoms with E-state index in [2.05, 4.69) is 14.9 Å². The Kier molecular flexibility index (Phi) is 5.46. The van der Waals surface area contributed by atoms with Gasteiger partial charge in [0.2, 0.25) is 0 Å². The zero-order valence-electron chi connectivity index (χ0n) is 13.7. The highest BCUT2D eigenvalue weighted by molar-refractivity contribution is 5.73. The van der Waals surface area contributed by atoms with Crippen LogP contribution in [0.2, 0.25) is 0 Å². The van der Waals surface area contributed by atoms with Crippen molar-refractivity contribution in [1.29, 1.82) is 0 Å². The van der Waals surface area contributed by atoms with E-state index in [9.17, 15) is 4.39 Å². The van der Waals surface area contributed by atoms with E-state index < -0.39 is 0 Å². The fourth-order valence-electron chi connectivity index (χ4n) is 2.60. The minimum atomic E-state index is -0.190. The van der Waals surface area contributed by atoms with Crippen LogP contribution in [0.3, 0.4) is 0 Å². The molecule has 4 nitrogen and oxygen atoms in total. The third-order valence-corrected chi connectivity index (χ3v) is 3.85. The Balaban J connectivity index is 1.78. The minimum Gasteiger partial charge on any atom is -0.383 e. The smallest absolute Gasteiger partial charge is 0.127 e. The van der Waals surface area contributed by atoms with Gasteiger partial charge >= 0.3 is 0 Å². The second-order valence-electron chi connectivity index (χ2n) is 5.64. The molecule has 0 aliphatic carbocycles. The van der Waals surface area contributed by atoms with Crippen molar-refractivity contribution in [3.05, 3.63) is 71.8 Å². The van der Waals surface area contributed by atoms with Crippen LogP contribution in [0, 0.1) is 5.82 Å². The first-order valence-electron chi connectivity index (χ1n) is 7.91. The maximum absolute atomic E-state index is 13.9. The van der Waals surface area contributed by atoms with Crippen LogP contribution in [-0.4, -0.2) is 35.1 Å². The molecular weight excluding hydrogens is 305 g/mol. The van der Waals surface area contributed by atoms with Gasteiger partial charge in [-0.25, -0.2) is 9.37 Å². The zero-order valence-corrected chi connectivity index (χ0v) is 13.7. The summed E-state index contributed by atoms with van der Waals surface area (Å²) >= 11 is 0. The number of hydrogen-bond donors (Lipinski definition) is 0. The second-order valence-corrected chi connectivity index (χ2v) is 5.64. The van der Waals surface area contributed by atoms with Crippen LogP contribution in [0.4, 0.5) is 4.39 Å². The fourth-order valence-corrected chi connectivity index (χ4v) is 2.60. The Labute approximate surface area is 140 Å². The molecule has 0 saturated carbocycles. The lowest BCUT2D eigenvalue weighted by molar-refractivity contribution is 0.138. The summed E-state index contributed by atoms with van der Waals surface area (Å²) in [7, 11) is 1.66. The molecule has 3 rings (SSSR count). The van der Waals surface area contributed by atoms with E-state index in [0.717, 1.165) is 16.7 Å². The van der Waals surface area contributed by atoms with Gasteiger partial charge in [-0.15, -0.1) is 0 Å². The molecule has 0 spiro atoms. The number of ether oxygens (including phenoxy) is 1. The molecule has 0 fully saturated rings. The highest BCUT2D eigenvalue weighted by Crippen LogP contribution is 2.14. The molecule has 1 aromatic heterocycles. The number of rotatable bonds is 7. The second kappa shape index (κ2) is 7.95. The van der Waals surface area contributed by atoms with E-state index in [1.54, 1.807) is 25.4 Å². The van der Waals surface area contributed by atoms with E-state index in [0.29, 0.717) is 31.8 Å². The van der Waals surface area contributed by atoms with Gasteiger partial charge in [-0.2, -0.15) is 0 Å². The minimum absolute atomic E-state index is 0.190. The Bertz CT molecular complexity index is 809. The molecule has 0 bridgehead atoms. The topological polar surface area (TPSA) is 38.2 Å². The molecular formula is C19H20FN3O. The molecule has 0 unspecified atom stereocenters. The molecule has 2 aromatic carbocycles. The monoisotopic (exact) mass is 325 g/mol. The van der Waals surface area contributed by atoms with Gasteiger partial charge in [-0.3, -0.25) is 9.88 Å². The Hall–Kier alpha value is -2.37. The van der Waals surface area contributed by atoms with E-state index >= 15 is 0 Å². The quantitative estimate of drug-likeness (QED) is 0.667. The number of nitrogens with zero attached hydrogens (tertiary/aromatic N) is 3. The summed E-state index contributed by atoms with van der Waals surface area (Å²) in [6, 6.07) is 14.6. The summed E-state index contributed by atoms with van der Waals surface area (Å²) in [5, 5.41) is 0. The van der Waals surface area contributed by atoms with Gasteiger partial charge in [0.1, 0.15) is 5.82 Å². The van der Waals surface area contributed by atoms with Crippen molar-refractivity contribution in [1.82, 2.24) is 14.9 Å². The van der Waals surface area contributed by atoms with Crippen LogP contribution in [0.15, 0.2) is 54.7 Å². The third kappa shape index (κ3) is 4.13. The van der Waals surface area contributed by atoms with E-state index in [-0.39, 0.29) is 5.82 Å². The number of halogens is 1. The molecule has 0 radical (unpaired) electrons. The molecule has 5 heteroatoms. The van der Waals surface area contributed by atoms with Crippen molar-refractivity contribution >= 4 is 11.0 Å². The van der Waals surface area contributed by atoms with Gasteiger partial charge in [0, 0.05) is 32.3 Å².